The first-order valence-electron chi connectivity index (χ1n) is 6.56. The van der Waals surface area contributed by atoms with Crippen LogP contribution in [0.15, 0.2) is 0 Å². The molecule has 3 atom stereocenters. The Morgan fingerprint density at radius 1 is 1.29 bits per heavy atom. The standard InChI is InChI=1S/C13H26N2O2/c1-9(12(17)15-13(2,3)4)14-10-7-5-6-8-11(10)16/h9-11,14,16H,5-8H2,1-4H3,(H,15,17)/t9?,10-,11-/m0/s1. The molecule has 0 spiro atoms. The maximum Gasteiger partial charge on any atom is 0.237 e. The van der Waals surface area contributed by atoms with Crippen molar-refractivity contribution >= 4 is 5.91 Å². The first kappa shape index (κ1) is 14.5. The summed E-state index contributed by atoms with van der Waals surface area (Å²) in [6.07, 6.45) is 3.69. The van der Waals surface area contributed by atoms with Crippen molar-refractivity contribution in [3.8, 4) is 0 Å². The molecule has 0 aromatic rings. The van der Waals surface area contributed by atoms with Crippen molar-refractivity contribution in [1.82, 2.24) is 10.6 Å². The predicted octanol–water partition coefficient (Wildman–Crippen LogP) is 1.18. The van der Waals surface area contributed by atoms with Crippen molar-refractivity contribution in [3.05, 3.63) is 0 Å². The smallest absolute Gasteiger partial charge is 0.237 e. The van der Waals surface area contributed by atoms with Crippen LogP contribution in [0.5, 0.6) is 0 Å². The molecule has 17 heavy (non-hydrogen) atoms. The minimum atomic E-state index is -0.311. The second kappa shape index (κ2) is 5.83. The number of carbonyl (C=O) groups excluding carboxylic acids is 1. The molecule has 4 heteroatoms. The van der Waals surface area contributed by atoms with E-state index < -0.39 is 0 Å². The van der Waals surface area contributed by atoms with Crippen molar-refractivity contribution < 1.29 is 9.90 Å². The van der Waals surface area contributed by atoms with E-state index >= 15 is 0 Å². The molecule has 1 rings (SSSR count). The zero-order valence-electron chi connectivity index (χ0n) is 11.4. The van der Waals surface area contributed by atoms with Crippen LogP contribution in [-0.2, 0) is 4.79 Å². The number of hydrogen-bond acceptors (Lipinski definition) is 3. The van der Waals surface area contributed by atoms with Gasteiger partial charge in [0.2, 0.25) is 5.91 Å². The van der Waals surface area contributed by atoms with Gasteiger partial charge in [0.05, 0.1) is 12.1 Å². The summed E-state index contributed by atoms with van der Waals surface area (Å²) in [5.41, 5.74) is -0.210. The summed E-state index contributed by atoms with van der Waals surface area (Å²) < 4.78 is 0. The highest BCUT2D eigenvalue weighted by atomic mass is 16.3. The van der Waals surface area contributed by atoms with Crippen LogP contribution in [0.25, 0.3) is 0 Å². The SMILES string of the molecule is CC(N[C@H]1CCCC[C@@H]1O)C(=O)NC(C)(C)C. The maximum atomic E-state index is 11.9. The van der Waals surface area contributed by atoms with Crippen molar-refractivity contribution in [3.63, 3.8) is 0 Å². The predicted molar refractivity (Wildman–Crippen MR) is 68.8 cm³/mol. The molecule has 1 unspecified atom stereocenters. The highest BCUT2D eigenvalue weighted by Gasteiger charge is 2.27. The third kappa shape index (κ3) is 5.04. The van der Waals surface area contributed by atoms with Gasteiger partial charge in [-0.1, -0.05) is 12.8 Å². The van der Waals surface area contributed by atoms with Crippen molar-refractivity contribution in [2.24, 2.45) is 0 Å². The molecule has 0 heterocycles. The number of amides is 1. The number of aliphatic hydroxyl groups is 1. The number of nitrogens with one attached hydrogen (secondary N) is 2. The van der Waals surface area contributed by atoms with Crippen LogP contribution in [-0.4, -0.2) is 34.7 Å². The second-order valence-electron chi connectivity index (χ2n) is 6.09. The Labute approximate surface area is 104 Å². The molecule has 100 valence electrons. The quantitative estimate of drug-likeness (QED) is 0.696. The van der Waals surface area contributed by atoms with Gasteiger partial charge in [0, 0.05) is 11.6 Å². The molecule has 1 aliphatic carbocycles. The van der Waals surface area contributed by atoms with Gasteiger partial charge in [-0.05, 0) is 40.5 Å². The van der Waals surface area contributed by atoms with E-state index in [1.54, 1.807) is 0 Å². The van der Waals surface area contributed by atoms with E-state index in [1.165, 1.54) is 0 Å². The lowest BCUT2D eigenvalue weighted by Gasteiger charge is -2.32. The molecular formula is C13H26N2O2. The third-order valence-electron chi connectivity index (χ3n) is 3.09. The molecule has 4 nitrogen and oxygen atoms in total. The highest BCUT2D eigenvalue weighted by Crippen LogP contribution is 2.18. The Kier molecular flexibility index (Phi) is 4.95. The van der Waals surface area contributed by atoms with Gasteiger partial charge in [-0.15, -0.1) is 0 Å². The highest BCUT2D eigenvalue weighted by molar-refractivity contribution is 5.81. The fourth-order valence-electron chi connectivity index (χ4n) is 2.18. The van der Waals surface area contributed by atoms with Gasteiger partial charge in [0.1, 0.15) is 0 Å². The molecular weight excluding hydrogens is 216 g/mol. The zero-order chi connectivity index (χ0) is 13.1. The maximum absolute atomic E-state index is 11.9. The summed E-state index contributed by atoms with van der Waals surface area (Å²) in [4.78, 5) is 11.9. The monoisotopic (exact) mass is 242 g/mol. The minimum absolute atomic E-state index is 0.00438. The summed E-state index contributed by atoms with van der Waals surface area (Å²) in [7, 11) is 0. The summed E-state index contributed by atoms with van der Waals surface area (Å²) in [6, 6.07) is -0.198. The lowest BCUT2D eigenvalue weighted by atomic mass is 9.92. The van der Waals surface area contributed by atoms with Gasteiger partial charge in [-0.25, -0.2) is 0 Å². The number of hydrogen-bond donors (Lipinski definition) is 3. The van der Waals surface area contributed by atoms with Gasteiger partial charge in [-0.2, -0.15) is 0 Å². The van der Waals surface area contributed by atoms with E-state index in [0.717, 1.165) is 25.7 Å². The van der Waals surface area contributed by atoms with Crippen LogP contribution in [0, 0.1) is 0 Å². The fourth-order valence-corrected chi connectivity index (χ4v) is 2.18. The van der Waals surface area contributed by atoms with E-state index in [2.05, 4.69) is 10.6 Å². The van der Waals surface area contributed by atoms with Crippen LogP contribution in [0.1, 0.15) is 53.4 Å². The molecule has 0 saturated heterocycles. The minimum Gasteiger partial charge on any atom is -0.392 e. The van der Waals surface area contributed by atoms with Crippen LogP contribution in [0.2, 0.25) is 0 Å². The topological polar surface area (TPSA) is 61.4 Å². The molecule has 1 amide bonds. The Morgan fingerprint density at radius 2 is 1.88 bits per heavy atom. The molecule has 0 bridgehead atoms. The molecule has 1 fully saturated rings. The molecule has 0 aromatic carbocycles. The van der Waals surface area contributed by atoms with E-state index in [-0.39, 0.29) is 29.6 Å². The normalized spacial score (nSPS) is 27.6. The average molecular weight is 242 g/mol. The van der Waals surface area contributed by atoms with Crippen LogP contribution >= 0.6 is 0 Å². The van der Waals surface area contributed by atoms with Crippen molar-refractivity contribution in [2.45, 2.75) is 77.1 Å². The summed E-state index contributed by atoms with van der Waals surface area (Å²) >= 11 is 0. The Bertz CT molecular complexity index is 261. The first-order chi connectivity index (χ1) is 7.79. The lowest BCUT2D eigenvalue weighted by molar-refractivity contribution is -0.124. The Morgan fingerprint density at radius 3 is 2.41 bits per heavy atom. The molecule has 0 aromatic heterocycles. The van der Waals surface area contributed by atoms with Crippen LogP contribution in [0.4, 0.5) is 0 Å². The van der Waals surface area contributed by atoms with E-state index in [4.69, 9.17) is 0 Å². The fraction of sp³-hybridized carbons (Fsp3) is 0.923. The average Bonchev–Trinajstić information content (AvgIpc) is 2.18. The molecule has 3 N–H and O–H groups in total. The van der Waals surface area contributed by atoms with E-state index in [9.17, 15) is 9.90 Å². The Balaban J connectivity index is 2.42. The molecule has 1 saturated carbocycles. The number of aliphatic hydroxyl groups excluding tert-OH is 1. The lowest BCUT2D eigenvalue weighted by Crippen LogP contribution is -2.54. The zero-order valence-corrected chi connectivity index (χ0v) is 11.4. The first-order valence-corrected chi connectivity index (χ1v) is 6.56. The largest absolute Gasteiger partial charge is 0.392 e. The molecule has 1 aliphatic rings. The van der Waals surface area contributed by atoms with Gasteiger partial charge >= 0.3 is 0 Å². The Hall–Kier alpha value is -0.610. The van der Waals surface area contributed by atoms with Crippen LogP contribution in [0.3, 0.4) is 0 Å². The van der Waals surface area contributed by atoms with E-state index in [0.29, 0.717) is 0 Å². The number of carbonyl (C=O) groups is 1. The van der Waals surface area contributed by atoms with Crippen molar-refractivity contribution in [2.75, 3.05) is 0 Å². The van der Waals surface area contributed by atoms with E-state index in [1.807, 2.05) is 27.7 Å². The third-order valence-corrected chi connectivity index (χ3v) is 3.09. The van der Waals surface area contributed by atoms with Gasteiger partial charge in [0.15, 0.2) is 0 Å². The van der Waals surface area contributed by atoms with Gasteiger partial charge in [-0.3, -0.25) is 4.79 Å². The number of rotatable bonds is 3. The second-order valence-corrected chi connectivity index (χ2v) is 6.09. The summed E-state index contributed by atoms with van der Waals surface area (Å²) in [6.45, 7) is 7.75. The summed E-state index contributed by atoms with van der Waals surface area (Å²) in [5, 5.41) is 16.0. The summed E-state index contributed by atoms with van der Waals surface area (Å²) in [5.74, 6) is -0.00438. The van der Waals surface area contributed by atoms with Crippen LogP contribution < -0.4 is 10.6 Å². The van der Waals surface area contributed by atoms with Crippen molar-refractivity contribution in [1.29, 1.82) is 0 Å². The van der Waals surface area contributed by atoms with Gasteiger partial charge in [0.25, 0.3) is 0 Å². The van der Waals surface area contributed by atoms with Gasteiger partial charge < -0.3 is 15.7 Å². The molecule has 0 aliphatic heterocycles. The molecule has 0 radical (unpaired) electrons.